The number of aromatic nitrogens is 5. The summed E-state index contributed by atoms with van der Waals surface area (Å²) >= 11 is 7.34. The van der Waals surface area contributed by atoms with Gasteiger partial charge in [0.05, 0.1) is 10.7 Å². The van der Waals surface area contributed by atoms with Gasteiger partial charge in [0, 0.05) is 30.8 Å². The zero-order valence-corrected chi connectivity index (χ0v) is 16.9. The lowest BCUT2D eigenvalue weighted by atomic mass is 10.3. The van der Waals surface area contributed by atoms with Crippen molar-refractivity contribution in [2.24, 2.45) is 0 Å². The molecule has 9 heteroatoms. The number of pyridine rings is 1. The van der Waals surface area contributed by atoms with E-state index in [0.717, 1.165) is 16.5 Å². The van der Waals surface area contributed by atoms with Crippen LogP contribution in [0.3, 0.4) is 0 Å². The molecule has 0 fully saturated rings. The number of hydrogen-bond donors (Lipinski definition) is 0. The molecule has 0 unspecified atom stereocenters. The van der Waals surface area contributed by atoms with Gasteiger partial charge in [-0.1, -0.05) is 35.5 Å². The SMILES string of the molecule is C=CCn1c(COc2ccc(F)c(Cl)c2)nnc1SCc1cn2ccccc2n1. The third kappa shape index (κ3) is 4.44. The summed E-state index contributed by atoms with van der Waals surface area (Å²) in [6.45, 7) is 4.53. The second kappa shape index (κ2) is 8.67. The summed E-state index contributed by atoms with van der Waals surface area (Å²) in [7, 11) is 0. The van der Waals surface area contributed by atoms with Crippen LogP contribution in [0.5, 0.6) is 5.75 Å². The summed E-state index contributed by atoms with van der Waals surface area (Å²) in [6, 6.07) is 10.1. The van der Waals surface area contributed by atoms with Gasteiger partial charge < -0.3 is 9.14 Å². The van der Waals surface area contributed by atoms with Crippen LogP contribution in [-0.2, 0) is 18.9 Å². The van der Waals surface area contributed by atoms with Gasteiger partial charge in [-0.25, -0.2) is 9.37 Å². The Balaban J connectivity index is 1.46. The molecule has 0 N–H and O–H groups in total. The number of nitrogens with zero attached hydrogens (tertiary/aromatic N) is 5. The third-order valence-electron chi connectivity index (χ3n) is 4.13. The Morgan fingerprint density at radius 1 is 1.24 bits per heavy atom. The Morgan fingerprint density at radius 3 is 2.93 bits per heavy atom. The van der Waals surface area contributed by atoms with E-state index in [4.69, 9.17) is 16.3 Å². The average Bonchev–Trinajstić information content (AvgIpc) is 3.31. The van der Waals surface area contributed by atoms with Gasteiger partial charge in [0.15, 0.2) is 11.0 Å². The molecule has 0 atom stereocenters. The van der Waals surface area contributed by atoms with Gasteiger partial charge in [0.2, 0.25) is 0 Å². The van der Waals surface area contributed by atoms with Crippen LogP contribution in [0.25, 0.3) is 5.65 Å². The van der Waals surface area contributed by atoms with Gasteiger partial charge in [-0.3, -0.25) is 4.57 Å². The molecular weight excluding hydrogens is 413 g/mol. The van der Waals surface area contributed by atoms with Gasteiger partial charge >= 0.3 is 0 Å². The van der Waals surface area contributed by atoms with Gasteiger partial charge in [0.25, 0.3) is 0 Å². The first kappa shape index (κ1) is 19.5. The molecule has 29 heavy (non-hydrogen) atoms. The van der Waals surface area contributed by atoms with Crippen LogP contribution in [0.2, 0.25) is 5.02 Å². The molecule has 0 aliphatic rings. The molecule has 0 bridgehead atoms. The first-order valence-electron chi connectivity index (χ1n) is 8.80. The van der Waals surface area contributed by atoms with E-state index in [1.807, 2.05) is 39.6 Å². The van der Waals surface area contributed by atoms with Crippen molar-refractivity contribution in [1.29, 1.82) is 0 Å². The number of benzene rings is 1. The minimum Gasteiger partial charge on any atom is -0.486 e. The van der Waals surface area contributed by atoms with Crippen LogP contribution in [0.15, 0.2) is 66.6 Å². The minimum absolute atomic E-state index is 0.0127. The largest absolute Gasteiger partial charge is 0.486 e. The normalized spacial score (nSPS) is 11.1. The van der Waals surface area contributed by atoms with Crippen molar-refractivity contribution in [3.8, 4) is 5.75 Å². The number of thioether (sulfide) groups is 1. The van der Waals surface area contributed by atoms with E-state index >= 15 is 0 Å². The van der Waals surface area contributed by atoms with Crippen LogP contribution in [0, 0.1) is 5.82 Å². The second-order valence-electron chi connectivity index (χ2n) is 6.15. The molecule has 4 rings (SSSR count). The summed E-state index contributed by atoms with van der Waals surface area (Å²) in [6.07, 6.45) is 5.74. The predicted molar refractivity (Wildman–Crippen MR) is 111 cm³/mol. The fourth-order valence-electron chi connectivity index (χ4n) is 2.75. The Morgan fingerprint density at radius 2 is 2.14 bits per heavy atom. The van der Waals surface area contributed by atoms with E-state index in [2.05, 4.69) is 21.8 Å². The van der Waals surface area contributed by atoms with Crippen molar-refractivity contribution >= 4 is 29.0 Å². The molecule has 0 aliphatic carbocycles. The lowest BCUT2D eigenvalue weighted by molar-refractivity contribution is 0.288. The molecular formula is C20H17ClFN5OS. The number of imidazole rings is 1. The maximum atomic E-state index is 13.3. The van der Waals surface area contributed by atoms with Crippen LogP contribution in [0.1, 0.15) is 11.5 Å². The zero-order chi connectivity index (χ0) is 20.2. The highest BCUT2D eigenvalue weighted by Crippen LogP contribution is 2.24. The third-order valence-corrected chi connectivity index (χ3v) is 5.42. The Labute approximate surface area is 176 Å². The Kier molecular flexibility index (Phi) is 5.82. The van der Waals surface area contributed by atoms with Crippen molar-refractivity contribution in [2.75, 3.05) is 0 Å². The van der Waals surface area contributed by atoms with E-state index < -0.39 is 5.82 Å². The first-order chi connectivity index (χ1) is 14.1. The monoisotopic (exact) mass is 429 g/mol. The quantitative estimate of drug-likeness (QED) is 0.298. The van der Waals surface area contributed by atoms with E-state index in [1.165, 1.54) is 18.2 Å². The predicted octanol–water partition coefficient (Wildman–Crippen LogP) is 4.78. The smallest absolute Gasteiger partial charge is 0.191 e. The zero-order valence-electron chi connectivity index (χ0n) is 15.3. The Hall–Kier alpha value is -2.84. The molecule has 3 heterocycles. The van der Waals surface area contributed by atoms with Crippen LogP contribution >= 0.6 is 23.4 Å². The van der Waals surface area contributed by atoms with E-state index in [-0.39, 0.29) is 11.6 Å². The topological polar surface area (TPSA) is 57.2 Å². The van der Waals surface area contributed by atoms with Crippen LogP contribution in [-0.4, -0.2) is 24.1 Å². The van der Waals surface area contributed by atoms with Crippen molar-refractivity contribution in [3.05, 3.63) is 83.8 Å². The van der Waals surface area contributed by atoms with E-state index in [9.17, 15) is 4.39 Å². The average molecular weight is 430 g/mol. The number of ether oxygens (including phenoxy) is 1. The summed E-state index contributed by atoms with van der Waals surface area (Å²) < 4.78 is 22.9. The van der Waals surface area contributed by atoms with Gasteiger partial charge in [0.1, 0.15) is 23.8 Å². The van der Waals surface area contributed by atoms with Gasteiger partial charge in [-0.2, -0.15) is 0 Å². The van der Waals surface area contributed by atoms with Gasteiger partial charge in [-0.05, 0) is 24.3 Å². The summed E-state index contributed by atoms with van der Waals surface area (Å²) in [5.74, 6) is 1.27. The summed E-state index contributed by atoms with van der Waals surface area (Å²) in [5.41, 5.74) is 1.86. The second-order valence-corrected chi connectivity index (χ2v) is 7.50. The molecule has 1 aromatic carbocycles. The fourth-order valence-corrected chi connectivity index (χ4v) is 3.78. The molecule has 4 aromatic rings. The molecule has 148 valence electrons. The number of allylic oxidation sites excluding steroid dienone is 1. The maximum absolute atomic E-state index is 13.3. The molecule has 0 radical (unpaired) electrons. The number of fused-ring (bicyclic) bond motifs is 1. The summed E-state index contributed by atoms with van der Waals surface area (Å²) in [5, 5.41) is 9.27. The number of hydrogen-bond acceptors (Lipinski definition) is 5. The van der Waals surface area contributed by atoms with Crippen molar-refractivity contribution in [2.45, 2.75) is 24.1 Å². The first-order valence-corrected chi connectivity index (χ1v) is 10.2. The molecule has 0 saturated heterocycles. The molecule has 0 amide bonds. The molecule has 0 aliphatic heterocycles. The van der Waals surface area contributed by atoms with Crippen molar-refractivity contribution < 1.29 is 9.13 Å². The van der Waals surface area contributed by atoms with Crippen LogP contribution < -0.4 is 4.74 Å². The number of rotatable bonds is 8. The number of halogens is 2. The lowest BCUT2D eigenvalue weighted by Gasteiger charge is -2.09. The highest BCUT2D eigenvalue weighted by Gasteiger charge is 2.14. The fraction of sp³-hybridized carbons (Fsp3) is 0.150. The molecule has 3 aromatic heterocycles. The van der Waals surface area contributed by atoms with E-state index in [1.54, 1.807) is 17.8 Å². The van der Waals surface area contributed by atoms with Crippen LogP contribution in [0.4, 0.5) is 4.39 Å². The minimum atomic E-state index is -0.487. The maximum Gasteiger partial charge on any atom is 0.191 e. The molecule has 0 spiro atoms. The standard InChI is InChI=1S/C20H17ClFN5OS/c1-2-8-27-19(12-28-15-6-7-17(22)16(21)10-15)24-25-20(27)29-13-14-11-26-9-4-3-5-18(26)23-14/h2-7,9-11H,1,8,12-13H2. The Bertz CT molecular complexity index is 1130. The summed E-state index contributed by atoms with van der Waals surface area (Å²) in [4.78, 5) is 4.60. The van der Waals surface area contributed by atoms with Crippen molar-refractivity contribution in [3.63, 3.8) is 0 Å². The molecule has 0 saturated carbocycles. The van der Waals surface area contributed by atoms with Crippen molar-refractivity contribution in [1.82, 2.24) is 24.1 Å². The van der Waals surface area contributed by atoms with E-state index in [0.29, 0.717) is 23.9 Å². The highest BCUT2D eigenvalue weighted by molar-refractivity contribution is 7.98. The highest BCUT2D eigenvalue weighted by atomic mass is 35.5. The lowest BCUT2D eigenvalue weighted by Crippen LogP contribution is -2.07. The molecule has 6 nitrogen and oxygen atoms in total. The van der Waals surface area contributed by atoms with Gasteiger partial charge in [-0.15, -0.1) is 16.8 Å².